The molecule has 0 heterocycles. The quantitative estimate of drug-likeness (QED) is 0.874. The van der Waals surface area contributed by atoms with Crippen LogP contribution >= 0.6 is 15.9 Å². The fraction of sp³-hybridized carbons (Fsp3) is 0.200. The molecule has 0 aliphatic rings. The van der Waals surface area contributed by atoms with Crippen molar-refractivity contribution in [3.63, 3.8) is 0 Å². The third kappa shape index (κ3) is 3.71. The molecule has 0 atom stereocenters. The van der Waals surface area contributed by atoms with Crippen molar-refractivity contribution < 1.29 is 14.2 Å². The molecule has 0 aliphatic carbocycles. The Hall–Kier alpha value is -1.59. The number of hydrogen-bond acceptors (Lipinski definition) is 3. The first-order chi connectivity index (χ1) is 9.60. The number of phenols is 1. The number of rotatable bonds is 5. The van der Waals surface area contributed by atoms with Crippen LogP contribution in [-0.2, 0) is 13.1 Å². The number of hydrogen-bond donors (Lipinski definition) is 2. The highest BCUT2D eigenvalue weighted by molar-refractivity contribution is 9.10. The molecular formula is C15H15BrFNO2. The second kappa shape index (κ2) is 6.72. The van der Waals surface area contributed by atoms with Gasteiger partial charge < -0.3 is 15.2 Å². The average Bonchev–Trinajstić information content (AvgIpc) is 2.43. The van der Waals surface area contributed by atoms with Crippen molar-refractivity contribution in [2.75, 3.05) is 7.11 Å². The Morgan fingerprint density at radius 1 is 1.20 bits per heavy atom. The summed E-state index contributed by atoms with van der Waals surface area (Å²) in [6, 6.07) is 9.81. The van der Waals surface area contributed by atoms with Crippen LogP contribution in [0.4, 0.5) is 4.39 Å². The monoisotopic (exact) mass is 339 g/mol. The number of methoxy groups -OCH3 is 1. The van der Waals surface area contributed by atoms with Crippen LogP contribution in [0.3, 0.4) is 0 Å². The summed E-state index contributed by atoms with van der Waals surface area (Å²) in [6.45, 7) is 1.10. The van der Waals surface area contributed by atoms with Gasteiger partial charge in [-0.15, -0.1) is 0 Å². The molecule has 2 aromatic rings. The van der Waals surface area contributed by atoms with Gasteiger partial charge in [-0.3, -0.25) is 0 Å². The molecule has 3 nitrogen and oxygen atoms in total. The maximum Gasteiger partial charge on any atom is 0.160 e. The van der Waals surface area contributed by atoms with E-state index in [-0.39, 0.29) is 11.6 Å². The van der Waals surface area contributed by atoms with Gasteiger partial charge in [-0.05, 0) is 41.5 Å². The predicted molar refractivity (Wildman–Crippen MR) is 79.3 cm³/mol. The fourth-order valence-corrected chi connectivity index (χ4v) is 2.25. The van der Waals surface area contributed by atoms with Crippen LogP contribution in [0, 0.1) is 5.82 Å². The first-order valence-electron chi connectivity index (χ1n) is 6.10. The van der Waals surface area contributed by atoms with Gasteiger partial charge >= 0.3 is 0 Å². The Balaban J connectivity index is 1.96. The topological polar surface area (TPSA) is 41.5 Å². The van der Waals surface area contributed by atoms with E-state index < -0.39 is 0 Å². The summed E-state index contributed by atoms with van der Waals surface area (Å²) < 4.78 is 19.0. The van der Waals surface area contributed by atoms with Crippen molar-refractivity contribution in [1.82, 2.24) is 5.32 Å². The van der Waals surface area contributed by atoms with Gasteiger partial charge in [-0.25, -0.2) is 4.39 Å². The molecule has 0 amide bonds. The number of aromatic hydroxyl groups is 1. The highest BCUT2D eigenvalue weighted by Gasteiger charge is 2.04. The fourth-order valence-electron chi connectivity index (χ4n) is 1.87. The molecule has 20 heavy (non-hydrogen) atoms. The molecule has 106 valence electrons. The van der Waals surface area contributed by atoms with E-state index in [4.69, 9.17) is 4.74 Å². The summed E-state index contributed by atoms with van der Waals surface area (Å²) in [6.07, 6.45) is 0. The van der Waals surface area contributed by atoms with E-state index >= 15 is 0 Å². The van der Waals surface area contributed by atoms with Crippen LogP contribution in [0.1, 0.15) is 11.1 Å². The molecule has 0 bridgehead atoms. The summed E-state index contributed by atoms with van der Waals surface area (Å²) in [5.74, 6) is 0.299. The molecule has 2 rings (SSSR count). The summed E-state index contributed by atoms with van der Waals surface area (Å²) in [7, 11) is 1.51. The van der Waals surface area contributed by atoms with E-state index in [2.05, 4.69) is 21.2 Å². The van der Waals surface area contributed by atoms with Crippen molar-refractivity contribution in [1.29, 1.82) is 0 Å². The van der Waals surface area contributed by atoms with Crippen molar-refractivity contribution in [2.24, 2.45) is 0 Å². The lowest BCUT2D eigenvalue weighted by Gasteiger charge is -2.09. The van der Waals surface area contributed by atoms with E-state index in [1.54, 1.807) is 18.2 Å². The third-order valence-corrected chi connectivity index (χ3v) is 3.67. The molecule has 0 radical (unpaired) electrons. The lowest BCUT2D eigenvalue weighted by atomic mass is 10.2. The Labute approximate surface area is 125 Å². The number of nitrogens with one attached hydrogen (secondary N) is 1. The molecule has 0 aromatic heterocycles. The number of halogens is 2. The average molecular weight is 340 g/mol. The minimum absolute atomic E-state index is 0.110. The number of ether oxygens (including phenoxy) is 1. The summed E-state index contributed by atoms with van der Waals surface area (Å²) in [5.41, 5.74) is 1.78. The van der Waals surface area contributed by atoms with Crippen LogP contribution in [0.25, 0.3) is 0 Å². The molecule has 2 N–H and O–H groups in total. The Kier molecular flexibility index (Phi) is 4.98. The first-order valence-corrected chi connectivity index (χ1v) is 6.90. The maximum absolute atomic E-state index is 13.1. The van der Waals surface area contributed by atoms with Crippen molar-refractivity contribution in [2.45, 2.75) is 13.1 Å². The van der Waals surface area contributed by atoms with Crippen LogP contribution in [0.5, 0.6) is 11.5 Å². The zero-order valence-corrected chi connectivity index (χ0v) is 12.6. The molecule has 5 heteroatoms. The van der Waals surface area contributed by atoms with Crippen LogP contribution in [0.2, 0.25) is 0 Å². The predicted octanol–water partition coefficient (Wildman–Crippen LogP) is 3.59. The van der Waals surface area contributed by atoms with Crippen LogP contribution in [-0.4, -0.2) is 12.2 Å². The van der Waals surface area contributed by atoms with Gasteiger partial charge in [0.05, 0.1) is 7.11 Å². The van der Waals surface area contributed by atoms with Crippen LogP contribution in [0.15, 0.2) is 40.9 Å². The second-order valence-electron chi connectivity index (χ2n) is 4.35. The van der Waals surface area contributed by atoms with E-state index in [9.17, 15) is 9.50 Å². The lowest BCUT2D eigenvalue weighted by Crippen LogP contribution is -2.13. The third-order valence-electron chi connectivity index (χ3n) is 2.90. The molecule has 0 aliphatic heterocycles. The zero-order valence-electron chi connectivity index (χ0n) is 11.0. The summed E-state index contributed by atoms with van der Waals surface area (Å²) in [4.78, 5) is 0. The van der Waals surface area contributed by atoms with Gasteiger partial charge in [0.1, 0.15) is 5.82 Å². The normalized spacial score (nSPS) is 10.6. The molecule has 0 saturated heterocycles. The SMILES string of the molecule is COc1ccc(CNCc2cc(F)ccc2Br)cc1O. The molecule has 0 fully saturated rings. The molecule has 0 spiro atoms. The summed E-state index contributed by atoms with van der Waals surface area (Å²) in [5, 5.41) is 12.9. The van der Waals surface area contributed by atoms with E-state index in [1.807, 2.05) is 6.07 Å². The highest BCUT2D eigenvalue weighted by Crippen LogP contribution is 2.26. The van der Waals surface area contributed by atoms with Gasteiger partial charge in [0, 0.05) is 17.6 Å². The Bertz CT molecular complexity index is 604. The number of phenolic OH excluding ortho intramolecular Hbond substituents is 1. The standard InChI is InChI=1S/C15H15BrFNO2/c1-20-15-5-2-10(6-14(15)19)8-18-9-11-7-12(17)3-4-13(11)16/h2-7,18-19H,8-9H2,1H3. The van der Waals surface area contributed by atoms with Gasteiger partial charge in [-0.1, -0.05) is 22.0 Å². The van der Waals surface area contributed by atoms with Crippen LogP contribution < -0.4 is 10.1 Å². The molecular weight excluding hydrogens is 325 g/mol. The summed E-state index contributed by atoms with van der Waals surface area (Å²) >= 11 is 3.38. The number of benzene rings is 2. The molecule has 0 unspecified atom stereocenters. The minimum atomic E-state index is -0.257. The Morgan fingerprint density at radius 3 is 2.70 bits per heavy atom. The Morgan fingerprint density at radius 2 is 2.00 bits per heavy atom. The largest absolute Gasteiger partial charge is 0.504 e. The second-order valence-corrected chi connectivity index (χ2v) is 5.20. The van der Waals surface area contributed by atoms with E-state index in [0.717, 1.165) is 15.6 Å². The smallest absolute Gasteiger partial charge is 0.160 e. The molecule has 2 aromatic carbocycles. The van der Waals surface area contributed by atoms with Crippen molar-refractivity contribution >= 4 is 15.9 Å². The lowest BCUT2D eigenvalue weighted by molar-refractivity contribution is 0.373. The highest BCUT2D eigenvalue weighted by atomic mass is 79.9. The van der Waals surface area contributed by atoms with Gasteiger partial charge in [0.2, 0.25) is 0 Å². The maximum atomic E-state index is 13.1. The molecule has 0 saturated carbocycles. The van der Waals surface area contributed by atoms with Gasteiger partial charge in [0.15, 0.2) is 11.5 Å². The van der Waals surface area contributed by atoms with Gasteiger partial charge in [0.25, 0.3) is 0 Å². The van der Waals surface area contributed by atoms with E-state index in [0.29, 0.717) is 18.8 Å². The minimum Gasteiger partial charge on any atom is -0.504 e. The van der Waals surface area contributed by atoms with E-state index in [1.165, 1.54) is 19.2 Å². The van der Waals surface area contributed by atoms with Crippen molar-refractivity contribution in [3.05, 3.63) is 57.8 Å². The van der Waals surface area contributed by atoms with Crippen molar-refractivity contribution in [3.8, 4) is 11.5 Å². The zero-order chi connectivity index (χ0) is 14.5. The first kappa shape index (κ1) is 14.8. The van der Waals surface area contributed by atoms with Gasteiger partial charge in [-0.2, -0.15) is 0 Å².